The first-order chi connectivity index (χ1) is 17.8. The third-order valence-corrected chi connectivity index (χ3v) is 9.89. The fraction of sp³-hybridized carbons (Fsp3) is 0.636. The minimum absolute atomic E-state index is 0.0962. The van der Waals surface area contributed by atoms with E-state index in [4.69, 9.17) is 0 Å². The van der Waals surface area contributed by atoms with Gasteiger partial charge in [-0.05, 0) is 105 Å². The Kier molecular flexibility index (Phi) is 8.60. The molecule has 0 aromatic heterocycles. The molecule has 37 heavy (non-hydrogen) atoms. The van der Waals surface area contributed by atoms with Crippen LogP contribution in [-0.4, -0.2) is 47.6 Å². The molecule has 4 rings (SSSR count). The van der Waals surface area contributed by atoms with Crippen molar-refractivity contribution in [2.24, 2.45) is 0 Å². The van der Waals surface area contributed by atoms with E-state index >= 15 is 0 Å². The Balaban J connectivity index is 1.68. The molecule has 4 heteroatoms. The first-order valence-electron chi connectivity index (χ1n) is 14.8. The lowest BCUT2D eigenvalue weighted by Crippen LogP contribution is -2.51. The maximum Gasteiger partial charge on any atom is 0.0606 e. The lowest BCUT2D eigenvalue weighted by Gasteiger charge is -2.50. The average Bonchev–Trinajstić information content (AvgIpc) is 2.91. The lowest BCUT2D eigenvalue weighted by molar-refractivity contribution is 0.263. The molecule has 4 atom stereocenters. The van der Waals surface area contributed by atoms with E-state index in [1.54, 1.807) is 0 Å². The zero-order valence-corrected chi connectivity index (χ0v) is 24.2. The minimum atomic E-state index is 0.0962. The summed E-state index contributed by atoms with van der Waals surface area (Å²) in [5.41, 5.74) is 8.47. The second kappa shape index (κ2) is 11.4. The summed E-state index contributed by atoms with van der Waals surface area (Å²) in [7, 11) is 0. The largest absolute Gasteiger partial charge is 0.395 e. The van der Waals surface area contributed by atoms with Crippen molar-refractivity contribution in [2.75, 3.05) is 36.1 Å². The van der Waals surface area contributed by atoms with Crippen LogP contribution in [0.5, 0.6) is 0 Å². The summed E-state index contributed by atoms with van der Waals surface area (Å²) >= 11 is 0. The van der Waals surface area contributed by atoms with Gasteiger partial charge in [-0.1, -0.05) is 52.0 Å². The Hall–Kier alpha value is -2.04. The van der Waals surface area contributed by atoms with Crippen LogP contribution in [0.15, 0.2) is 36.4 Å². The highest BCUT2D eigenvalue weighted by atomic mass is 16.3. The van der Waals surface area contributed by atoms with Crippen molar-refractivity contribution in [2.45, 2.75) is 109 Å². The fourth-order valence-electron chi connectivity index (χ4n) is 7.27. The lowest BCUT2D eigenvalue weighted by atomic mass is 9.74. The number of β-amino-alcohol motifs (C(OH)–C–C–N with tert-alkyl or cyclic N) is 2. The number of nitrogens with zero attached hydrogens (tertiary/aromatic N) is 2. The molecule has 0 spiro atoms. The average molecular weight is 507 g/mol. The van der Waals surface area contributed by atoms with Gasteiger partial charge in [-0.2, -0.15) is 0 Å². The van der Waals surface area contributed by atoms with Crippen molar-refractivity contribution in [3.63, 3.8) is 0 Å². The van der Waals surface area contributed by atoms with Crippen molar-refractivity contribution in [1.82, 2.24) is 0 Å². The summed E-state index contributed by atoms with van der Waals surface area (Å²) in [5, 5.41) is 19.6. The zero-order chi connectivity index (χ0) is 26.8. The summed E-state index contributed by atoms with van der Waals surface area (Å²) in [6.07, 6.45) is 7.68. The minimum Gasteiger partial charge on any atom is -0.395 e. The second-order valence-corrected chi connectivity index (χ2v) is 12.0. The molecular formula is C33H50N2O2. The van der Waals surface area contributed by atoms with Crippen molar-refractivity contribution in [3.8, 4) is 0 Å². The van der Waals surface area contributed by atoms with Crippen LogP contribution in [0.4, 0.5) is 11.4 Å². The zero-order valence-electron chi connectivity index (χ0n) is 24.2. The number of fused-ring (bicyclic) bond motifs is 2. The predicted molar refractivity (Wildman–Crippen MR) is 157 cm³/mol. The monoisotopic (exact) mass is 506 g/mol. The quantitative estimate of drug-likeness (QED) is 0.364. The molecule has 0 bridgehead atoms. The Morgan fingerprint density at radius 3 is 1.43 bits per heavy atom. The molecule has 0 aliphatic carbocycles. The van der Waals surface area contributed by atoms with Crippen molar-refractivity contribution >= 4 is 11.4 Å². The second-order valence-electron chi connectivity index (χ2n) is 12.0. The van der Waals surface area contributed by atoms with E-state index in [1.807, 2.05) is 0 Å². The maximum absolute atomic E-state index is 9.82. The molecule has 2 aliphatic heterocycles. The topological polar surface area (TPSA) is 46.9 Å². The number of rotatable bonds is 10. The normalized spacial score (nSPS) is 27.2. The third kappa shape index (κ3) is 5.16. The van der Waals surface area contributed by atoms with Crippen LogP contribution in [0.2, 0.25) is 0 Å². The van der Waals surface area contributed by atoms with Crippen LogP contribution in [-0.2, 0) is 6.42 Å². The molecule has 0 saturated heterocycles. The van der Waals surface area contributed by atoms with Gasteiger partial charge in [0.2, 0.25) is 0 Å². The molecule has 4 unspecified atom stereocenters. The fourth-order valence-corrected chi connectivity index (χ4v) is 7.27. The standard InChI is InChI=1S/C33H50N2O2/c1-7-26-22-32(5,9-3)34(15-17-36)30-13-11-24(20-28(26)30)19-25-12-14-31-29(21-25)27(8-2)23-33(6,10-4)35(31)16-18-37/h11-14,20-21,26-27,36-37H,7-10,15-19,22-23H2,1-6H3. The summed E-state index contributed by atoms with van der Waals surface area (Å²) in [6.45, 7) is 15.7. The van der Waals surface area contributed by atoms with Crippen LogP contribution in [0.3, 0.4) is 0 Å². The number of aliphatic hydroxyl groups excluding tert-OH is 2. The van der Waals surface area contributed by atoms with Gasteiger partial charge in [0.15, 0.2) is 0 Å². The van der Waals surface area contributed by atoms with Gasteiger partial charge in [0.05, 0.1) is 13.2 Å². The van der Waals surface area contributed by atoms with Gasteiger partial charge >= 0.3 is 0 Å². The number of hydrogen-bond donors (Lipinski definition) is 2. The Morgan fingerprint density at radius 2 is 1.11 bits per heavy atom. The molecule has 2 aliphatic rings. The molecule has 0 radical (unpaired) electrons. The Morgan fingerprint density at radius 1 is 0.703 bits per heavy atom. The summed E-state index contributed by atoms with van der Waals surface area (Å²) < 4.78 is 0. The van der Waals surface area contributed by atoms with Crippen LogP contribution < -0.4 is 9.80 Å². The van der Waals surface area contributed by atoms with Crippen LogP contribution >= 0.6 is 0 Å². The van der Waals surface area contributed by atoms with Crippen molar-refractivity contribution < 1.29 is 10.2 Å². The molecule has 2 aromatic rings. The molecule has 2 heterocycles. The van der Waals surface area contributed by atoms with Crippen LogP contribution in [0, 0.1) is 0 Å². The summed E-state index contributed by atoms with van der Waals surface area (Å²) in [5.74, 6) is 1.11. The van der Waals surface area contributed by atoms with Gasteiger partial charge in [0.1, 0.15) is 0 Å². The molecule has 0 saturated carbocycles. The van der Waals surface area contributed by atoms with Gasteiger partial charge in [-0.25, -0.2) is 0 Å². The summed E-state index contributed by atoms with van der Waals surface area (Å²) in [6, 6.07) is 14.1. The van der Waals surface area contributed by atoms with E-state index in [-0.39, 0.29) is 24.3 Å². The molecule has 0 amide bonds. The van der Waals surface area contributed by atoms with Crippen molar-refractivity contribution in [1.29, 1.82) is 0 Å². The van der Waals surface area contributed by atoms with E-state index in [2.05, 4.69) is 87.7 Å². The van der Waals surface area contributed by atoms with Crippen LogP contribution in [0.25, 0.3) is 0 Å². The molecular weight excluding hydrogens is 456 g/mol. The first kappa shape index (κ1) is 28.0. The van der Waals surface area contributed by atoms with E-state index in [0.29, 0.717) is 24.9 Å². The molecule has 2 N–H and O–H groups in total. The molecule has 2 aromatic carbocycles. The Bertz CT molecular complexity index is 985. The smallest absolute Gasteiger partial charge is 0.0606 e. The number of aliphatic hydroxyl groups is 2. The highest BCUT2D eigenvalue weighted by molar-refractivity contribution is 5.63. The highest BCUT2D eigenvalue weighted by Gasteiger charge is 2.40. The van der Waals surface area contributed by atoms with E-state index in [9.17, 15) is 10.2 Å². The highest BCUT2D eigenvalue weighted by Crippen LogP contribution is 2.48. The maximum atomic E-state index is 9.82. The van der Waals surface area contributed by atoms with Gasteiger partial charge in [0.25, 0.3) is 0 Å². The van der Waals surface area contributed by atoms with E-state index < -0.39 is 0 Å². The number of anilines is 2. The predicted octanol–water partition coefficient (Wildman–Crippen LogP) is 7.01. The third-order valence-electron chi connectivity index (χ3n) is 9.89. The first-order valence-corrected chi connectivity index (χ1v) is 14.8. The Labute approximate surface area is 225 Å². The van der Waals surface area contributed by atoms with Gasteiger partial charge in [-0.15, -0.1) is 0 Å². The number of hydrogen-bond acceptors (Lipinski definition) is 4. The van der Waals surface area contributed by atoms with Crippen molar-refractivity contribution in [3.05, 3.63) is 58.7 Å². The molecule has 4 nitrogen and oxygen atoms in total. The van der Waals surface area contributed by atoms with Gasteiger partial charge in [-0.3, -0.25) is 0 Å². The SMILES string of the molecule is CCC1CC(C)(CC)N(CCO)c2ccc(Cc3ccc4c(c3)C(CC)CC(C)(CC)N4CCO)cc21. The summed E-state index contributed by atoms with van der Waals surface area (Å²) in [4.78, 5) is 4.92. The number of benzene rings is 2. The van der Waals surface area contributed by atoms with Gasteiger partial charge in [0, 0.05) is 35.5 Å². The molecule has 0 fully saturated rings. The molecule has 204 valence electrons. The van der Waals surface area contributed by atoms with E-state index in [1.165, 1.54) is 33.6 Å². The van der Waals surface area contributed by atoms with Gasteiger partial charge < -0.3 is 20.0 Å². The van der Waals surface area contributed by atoms with Crippen LogP contribution in [0.1, 0.15) is 114 Å². The van der Waals surface area contributed by atoms with E-state index in [0.717, 1.165) is 44.9 Å².